The average Bonchev–Trinajstić information content (AvgIpc) is 2.52. The van der Waals surface area contributed by atoms with Crippen molar-refractivity contribution in [1.82, 2.24) is 5.48 Å². The molecule has 4 heteroatoms. The molecule has 0 fully saturated rings. The van der Waals surface area contributed by atoms with Crippen LogP contribution in [0.15, 0.2) is 18.2 Å². The second-order valence-electron chi connectivity index (χ2n) is 5.66. The lowest BCUT2D eigenvalue weighted by Crippen LogP contribution is -2.37. The number of benzene rings is 1. The van der Waals surface area contributed by atoms with Crippen LogP contribution in [0.3, 0.4) is 0 Å². The topological polar surface area (TPSA) is 39.7 Å². The normalized spacial score (nSPS) is 14.5. The zero-order chi connectivity index (χ0) is 16.6. The van der Waals surface area contributed by atoms with Crippen LogP contribution in [0.5, 0.6) is 5.75 Å². The van der Waals surface area contributed by atoms with Crippen LogP contribution in [0.4, 0.5) is 0 Å². The van der Waals surface area contributed by atoms with E-state index in [0.717, 1.165) is 23.3 Å². The number of methoxy groups -OCH3 is 2. The third-order valence-electron chi connectivity index (χ3n) is 3.77. The first kappa shape index (κ1) is 18.3. The first-order valence-corrected chi connectivity index (χ1v) is 7.52. The van der Waals surface area contributed by atoms with Gasteiger partial charge in [0.2, 0.25) is 0 Å². The monoisotopic (exact) mass is 305 g/mol. The van der Waals surface area contributed by atoms with E-state index in [9.17, 15) is 0 Å². The number of hydrogen-bond acceptors (Lipinski definition) is 4. The molecular weight excluding hydrogens is 278 g/mol. The van der Waals surface area contributed by atoms with Crippen molar-refractivity contribution in [2.24, 2.45) is 0 Å². The third-order valence-corrected chi connectivity index (χ3v) is 3.77. The summed E-state index contributed by atoms with van der Waals surface area (Å²) in [6.45, 7) is 8.63. The fourth-order valence-electron chi connectivity index (χ4n) is 1.98. The van der Waals surface area contributed by atoms with Gasteiger partial charge in [-0.1, -0.05) is 25.0 Å². The Morgan fingerprint density at radius 3 is 2.64 bits per heavy atom. The highest BCUT2D eigenvalue weighted by molar-refractivity contribution is 5.39. The maximum Gasteiger partial charge on any atom is 0.122 e. The molecule has 0 spiro atoms. The Morgan fingerprint density at radius 2 is 2.05 bits per heavy atom. The van der Waals surface area contributed by atoms with Gasteiger partial charge in [-0.3, -0.25) is 4.84 Å². The summed E-state index contributed by atoms with van der Waals surface area (Å²) in [6.07, 6.45) is 0.834. The number of rotatable bonds is 7. The van der Waals surface area contributed by atoms with Crippen molar-refractivity contribution < 1.29 is 14.3 Å². The van der Waals surface area contributed by atoms with Crippen LogP contribution in [0, 0.1) is 18.9 Å². The summed E-state index contributed by atoms with van der Waals surface area (Å²) in [5, 5.41) is 0. The summed E-state index contributed by atoms with van der Waals surface area (Å²) in [5.41, 5.74) is 4.59. The van der Waals surface area contributed by atoms with Crippen LogP contribution < -0.4 is 10.2 Å². The fraction of sp³-hybridized carbons (Fsp3) is 0.556. The highest BCUT2D eigenvalue weighted by Crippen LogP contribution is 2.23. The second kappa shape index (κ2) is 8.67. The lowest BCUT2D eigenvalue weighted by molar-refractivity contribution is -0.111. The van der Waals surface area contributed by atoms with Gasteiger partial charge in [0, 0.05) is 19.1 Å². The fourth-order valence-corrected chi connectivity index (χ4v) is 1.98. The Labute approximate surface area is 134 Å². The first-order chi connectivity index (χ1) is 10.5. The van der Waals surface area contributed by atoms with E-state index < -0.39 is 0 Å². The van der Waals surface area contributed by atoms with Gasteiger partial charge in [0.05, 0.1) is 13.7 Å². The number of hydroxylamine groups is 1. The van der Waals surface area contributed by atoms with Crippen LogP contribution in [0.25, 0.3) is 0 Å². The molecule has 0 aromatic heterocycles. The van der Waals surface area contributed by atoms with Gasteiger partial charge in [-0.15, -0.1) is 0 Å². The molecule has 2 unspecified atom stereocenters. The van der Waals surface area contributed by atoms with Crippen molar-refractivity contribution in [1.29, 1.82) is 0 Å². The zero-order valence-electron chi connectivity index (χ0n) is 14.4. The first-order valence-electron chi connectivity index (χ1n) is 7.52. The Hall–Kier alpha value is -1.70. The molecule has 0 aliphatic rings. The van der Waals surface area contributed by atoms with Gasteiger partial charge in [0.1, 0.15) is 11.4 Å². The molecule has 122 valence electrons. The van der Waals surface area contributed by atoms with E-state index in [0.29, 0.717) is 6.61 Å². The summed E-state index contributed by atoms with van der Waals surface area (Å²) >= 11 is 0. The molecule has 0 saturated carbocycles. The SMILES string of the molecule is CCC(C)(COC)ONC#CC(C)c1ccc(C)c(OC)c1. The summed E-state index contributed by atoms with van der Waals surface area (Å²) in [4.78, 5) is 5.60. The molecule has 0 amide bonds. The van der Waals surface area contributed by atoms with E-state index >= 15 is 0 Å². The lowest BCUT2D eigenvalue weighted by atomic mass is 10.0. The number of nitrogens with one attached hydrogen (secondary N) is 1. The minimum absolute atomic E-state index is 0.0842. The summed E-state index contributed by atoms with van der Waals surface area (Å²) < 4.78 is 10.5. The molecule has 0 saturated heterocycles. The molecule has 1 N–H and O–H groups in total. The van der Waals surface area contributed by atoms with Gasteiger partial charge in [-0.25, -0.2) is 5.48 Å². The smallest absolute Gasteiger partial charge is 0.122 e. The van der Waals surface area contributed by atoms with Crippen molar-refractivity contribution in [2.75, 3.05) is 20.8 Å². The standard InChI is InChI=1S/C18H27NO3/c1-7-18(4,13-20-5)22-19-11-10-14(2)16-9-8-15(3)17(12-16)21-6/h8-9,12,14,19H,7,13H2,1-6H3. The van der Waals surface area contributed by atoms with E-state index in [-0.39, 0.29) is 11.5 Å². The molecule has 1 aromatic rings. The summed E-state index contributed by atoms with van der Waals surface area (Å²) in [6, 6.07) is 9.00. The lowest BCUT2D eigenvalue weighted by Gasteiger charge is -2.25. The zero-order valence-corrected chi connectivity index (χ0v) is 14.4. The van der Waals surface area contributed by atoms with E-state index in [1.807, 2.05) is 32.9 Å². The minimum atomic E-state index is -0.375. The van der Waals surface area contributed by atoms with Crippen LogP contribution in [0.2, 0.25) is 0 Å². The molecule has 1 aromatic carbocycles. The van der Waals surface area contributed by atoms with E-state index in [2.05, 4.69) is 30.4 Å². The van der Waals surface area contributed by atoms with Crippen molar-refractivity contribution in [3.8, 4) is 17.7 Å². The van der Waals surface area contributed by atoms with Crippen molar-refractivity contribution in [3.63, 3.8) is 0 Å². The van der Waals surface area contributed by atoms with E-state index in [4.69, 9.17) is 14.3 Å². The molecule has 4 nitrogen and oxygen atoms in total. The Morgan fingerprint density at radius 1 is 1.32 bits per heavy atom. The predicted octanol–water partition coefficient (Wildman–Crippen LogP) is 3.40. The predicted molar refractivity (Wildman–Crippen MR) is 88.7 cm³/mol. The van der Waals surface area contributed by atoms with Gasteiger partial charge < -0.3 is 9.47 Å². The summed E-state index contributed by atoms with van der Waals surface area (Å²) in [5.74, 6) is 4.09. The van der Waals surface area contributed by atoms with Gasteiger partial charge >= 0.3 is 0 Å². The number of hydrogen-bond donors (Lipinski definition) is 1. The minimum Gasteiger partial charge on any atom is -0.496 e. The molecule has 0 heterocycles. The molecular formula is C18H27NO3. The third kappa shape index (κ3) is 5.25. The van der Waals surface area contributed by atoms with Crippen LogP contribution >= 0.6 is 0 Å². The average molecular weight is 305 g/mol. The largest absolute Gasteiger partial charge is 0.496 e. The second-order valence-corrected chi connectivity index (χ2v) is 5.66. The van der Waals surface area contributed by atoms with Crippen LogP contribution in [0.1, 0.15) is 44.2 Å². The highest BCUT2D eigenvalue weighted by Gasteiger charge is 2.23. The number of ether oxygens (including phenoxy) is 2. The Bertz CT molecular complexity index is 533. The molecule has 0 aliphatic carbocycles. The maximum absolute atomic E-state index is 5.60. The highest BCUT2D eigenvalue weighted by atomic mass is 16.7. The Kier molecular flexibility index (Phi) is 7.23. The van der Waals surface area contributed by atoms with E-state index in [1.165, 1.54) is 0 Å². The molecule has 2 atom stereocenters. The summed E-state index contributed by atoms with van der Waals surface area (Å²) in [7, 11) is 3.34. The molecule has 22 heavy (non-hydrogen) atoms. The van der Waals surface area contributed by atoms with Crippen molar-refractivity contribution in [2.45, 2.75) is 45.6 Å². The Balaban J connectivity index is 2.64. The van der Waals surface area contributed by atoms with Gasteiger partial charge in [-0.05, 0) is 44.4 Å². The van der Waals surface area contributed by atoms with E-state index in [1.54, 1.807) is 14.2 Å². The van der Waals surface area contributed by atoms with Crippen molar-refractivity contribution in [3.05, 3.63) is 29.3 Å². The van der Waals surface area contributed by atoms with Crippen molar-refractivity contribution >= 4 is 0 Å². The van der Waals surface area contributed by atoms with Crippen LogP contribution in [-0.2, 0) is 9.57 Å². The van der Waals surface area contributed by atoms with Gasteiger partial charge in [0.25, 0.3) is 0 Å². The molecule has 0 bridgehead atoms. The quantitative estimate of drug-likeness (QED) is 0.476. The number of aryl methyl sites for hydroxylation is 1. The molecule has 0 aliphatic heterocycles. The molecule has 0 radical (unpaired) electrons. The van der Waals surface area contributed by atoms with Gasteiger partial charge in [0.15, 0.2) is 0 Å². The van der Waals surface area contributed by atoms with Gasteiger partial charge in [-0.2, -0.15) is 0 Å². The van der Waals surface area contributed by atoms with Crippen LogP contribution in [-0.4, -0.2) is 26.4 Å². The maximum atomic E-state index is 5.60. The molecule has 1 rings (SSSR count).